The largest absolute Gasteiger partial charge is 0.475 e. The summed E-state index contributed by atoms with van der Waals surface area (Å²) in [5.74, 6) is 0. The van der Waals surface area contributed by atoms with Crippen molar-refractivity contribution in [2.75, 3.05) is 26.4 Å². The van der Waals surface area contributed by atoms with Crippen molar-refractivity contribution in [3.05, 3.63) is 0 Å². The molecule has 0 aliphatic carbocycles. The maximum atomic E-state index is 11.2. The van der Waals surface area contributed by atoms with Gasteiger partial charge in [-0.05, 0) is 0 Å². The molecule has 0 aromatic carbocycles. The third-order valence-electron chi connectivity index (χ3n) is 1.40. The first-order chi connectivity index (χ1) is 5.29. The lowest BCUT2D eigenvalue weighted by molar-refractivity contribution is 0.175. The Kier molecular flexibility index (Phi) is 1.99. The molecule has 2 aliphatic heterocycles. The van der Waals surface area contributed by atoms with Gasteiger partial charge in [0.05, 0.1) is 26.4 Å². The lowest BCUT2D eigenvalue weighted by Gasteiger charge is -2.07. The van der Waals surface area contributed by atoms with Gasteiger partial charge in [-0.3, -0.25) is 13.6 Å². The van der Waals surface area contributed by atoms with Gasteiger partial charge in [0.15, 0.2) is 0 Å². The highest BCUT2D eigenvalue weighted by atomic mass is 31.2. The maximum absolute atomic E-state index is 11.2. The Hall–Kier alpha value is 0.0700. The van der Waals surface area contributed by atoms with Crippen molar-refractivity contribution in [3.63, 3.8) is 0 Å². The SMILES string of the molecule is O=P1(OC[C@H]2CO2)OCCO1. The fourth-order valence-corrected chi connectivity index (χ4v) is 1.92. The molecule has 0 bridgehead atoms. The summed E-state index contributed by atoms with van der Waals surface area (Å²) in [5, 5.41) is 0. The van der Waals surface area contributed by atoms with Gasteiger partial charge >= 0.3 is 7.82 Å². The van der Waals surface area contributed by atoms with Crippen molar-refractivity contribution in [2.24, 2.45) is 0 Å². The van der Waals surface area contributed by atoms with E-state index in [0.717, 1.165) is 0 Å². The van der Waals surface area contributed by atoms with Gasteiger partial charge in [0, 0.05) is 0 Å². The molecule has 2 heterocycles. The molecule has 0 radical (unpaired) electrons. The molecule has 2 saturated heterocycles. The van der Waals surface area contributed by atoms with E-state index in [-0.39, 0.29) is 6.10 Å². The van der Waals surface area contributed by atoms with Gasteiger partial charge in [0.25, 0.3) is 0 Å². The number of epoxide rings is 1. The van der Waals surface area contributed by atoms with Crippen LogP contribution in [-0.4, -0.2) is 32.5 Å². The van der Waals surface area contributed by atoms with E-state index in [2.05, 4.69) is 0 Å². The molecule has 2 fully saturated rings. The molecule has 0 N–H and O–H groups in total. The molecule has 6 heteroatoms. The summed E-state index contributed by atoms with van der Waals surface area (Å²) in [5.41, 5.74) is 0. The quantitative estimate of drug-likeness (QED) is 0.469. The van der Waals surface area contributed by atoms with Gasteiger partial charge in [0.2, 0.25) is 0 Å². The van der Waals surface area contributed by atoms with Crippen LogP contribution in [0.4, 0.5) is 0 Å². The Morgan fingerprint density at radius 2 is 2.09 bits per heavy atom. The van der Waals surface area contributed by atoms with Crippen LogP contribution < -0.4 is 0 Å². The van der Waals surface area contributed by atoms with Gasteiger partial charge in [-0.15, -0.1) is 0 Å². The van der Waals surface area contributed by atoms with Gasteiger partial charge in [-0.1, -0.05) is 0 Å². The predicted octanol–water partition coefficient (Wildman–Crippen LogP) is 0.557. The average molecular weight is 180 g/mol. The zero-order chi connectivity index (χ0) is 7.73. The molecule has 0 unspecified atom stereocenters. The molecular weight excluding hydrogens is 171 g/mol. The van der Waals surface area contributed by atoms with E-state index < -0.39 is 7.82 Å². The summed E-state index contributed by atoms with van der Waals surface area (Å²) in [6.07, 6.45) is 0.0913. The predicted molar refractivity (Wildman–Crippen MR) is 35.2 cm³/mol. The zero-order valence-electron chi connectivity index (χ0n) is 5.89. The van der Waals surface area contributed by atoms with Crippen LogP contribution in [0.15, 0.2) is 0 Å². The van der Waals surface area contributed by atoms with E-state index in [1.54, 1.807) is 0 Å². The highest BCUT2D eigenvalue weighted by Gasteiger charge is 2.35. The van der Waals surface area contributed by atoms with Gasteiger partial charge in [0.1, 0.15) is 6.10 Å². The van der Waals surface area contributed by atoms with Crippen molar-refractivity contribution in [1.82, 2.24) is 0 Å². The van der Waals surface area contributed by atoms with Crippen LogP contribution in [0.25, 0.3) is 0 Å². The van der Waals surface area contributed by atoms with Crippen LogP contribution in [0.5, 0.6) is 0 Å². The van der Waals surface area contributed by atoms with Crippen molar-refractivity contribution < 1.29 is 22.9 Å². The van der Waals surface area contributed by atoms with Crippen molar-refractivity contribution in [1.29, 1.82) is 0 Å². The lowest BCUT2D eigenvalue weighted by Crippen LogP contribution is -1.99. The topological polar surface area (TPSA) is 57.3 Å². The van der Waals surface area contributed by atoms with Crippen molar-refractivity contribution in [2.45, 2.75) is 6.10 Å². The molecule has 0 amide bonds. The van der Waals surface area contributed by atoms with Crippen LogP contribution in [0, 0.1) is 0 Å². The minimum atomic E-state index is -3.16. The summed E-state index contributed by atoms with van der Waals surface area (Å²) >= 11 is 0. The first-order valence-electron chi connectivity index (χ1n) is 3.44. The Bertz CT molecular complexity index is 179. The van der Waals surface area contributed by atoms with E-state index in [1.807, 2.05) is 0 Å². The van der Waals surface area contributed by atoms with E-state index >= 15 is 0 Å². The molecule has 0 spiro atoms. The van der Waals surface area contributed by atoms with E-state index in [9.17, 15) is 4.57 Å². The van der Waals surface area contributed by atoms with Crippen molar-refractivity contribution in [3.8, 4) is 0 Å². The summed E-state index contributed by atoms with van der Waals surface area (Å²) in [6.45, 7) is 1.68. The number of phosphoric ester groups is 1. The molecule has 2 aliphatic rings. The average Bonchev–Trinajstić information content (AvgIpc) is 2.73. The van der Waals surface area contributed by atoms with Crippen LogP contribution in [0.1, 0.15) is 0 Å². The van der Waals surface area contributed by atoms with E-state index in [0.29, 0.717) is 26.4 Å². The minimum absolute atomic E-state index is 0.0913. The fourth-order valence-electron chi connectivity index (χ4n) is 0.749. The van der Waals surface area contributed by atoms with Crippen LogP contribution in [0.2, 0.25) is 0 Å². The summed E-state index contributed by atoms with van der Waals surface area (Å²) in [7, 11) is -3.16. The third-order valence-corrected chi connectivity index (χ3v) is 2.87. The molecule has 5 nitrogen and oxygen atoms in total. The zero-order valence-corrected chi connectivity index (χ0v) is 6.79. The smallest absolute Gasteiger partial charge is 0.371 e. The Balaban J connectivity index is 1.78. The van der Waals surface area contributed by atoms with Crippen LogP contribution >= 0.6 is 7.82 Å². The maximum Gasteiger partial charge on any atom is 0.475 e. The van der Waals surface area contributed by atoms with E-state index in [4.69, 9.17) is 18.3 Å². The normalized spacial score (nSPS) is 34.0. The number of hydrogen-bond acceptors (Lipinski definition) is 5. The van der Waals surface area contributed by atoms with Crippen molar-refractivity contribution >= 4 is 7.82 Å². The molecule has 0 aromatic heterocycles. The number of ether oxygens (including phenoxy) is 1. The van der Waals surface area contributed by atoms with Crippen LogP contribution in [0.3, 0.4) is 0 Å². The second-order valence-corrected chi connectivity index (χ2v) is 4.03. The molecule has 11 heavy (non-hydrogen) atoms. The van der Waals surface area contributed by atoms with E-state index in [1.165, 1.54) is 0 Å². The summed E-state index contributed by atoms with van der Waals surface area (Å²) in [6, 6.07) is 0. The highest BCUT2D eigenvalue weighted by molar-refractivity contribution is 7.48. The number of rotatable bonds is 3. The van der Waals surface area contributed by atoms with Gasteiger partial charge < -0.3 is 4.74 Å². The van der Waals surface area contributed by atoms with Crippen LogP contribution in [-0.2, 0) is 22.9 Å². The Morgan fingerprint density at radius 3 is 2.64 bits per heavy atom. The first-order valence-corrected chi connectivity index (χ1v) is 4.90. The highest BCUT2D eigenvalue weighted by Crippen LogP contribution is 2.53. The minimum Gasteiger partial charge on any atom is -0.371 e. The lowest BCUT2D eigenvalue weighted by atomic mass is 10.5. The fraction of sp³-hybridized carbons (Fsp3) is 1.00. The summed E-state index contributed by atoms with van der Waals surface area (Å²) in [4.78, 5) is 0. The summed E-state index contributed by atoms with van der Waals surface area (Å²) < 4.78 is 30.5. The third kappa shape index (κ3) is 2.01. The molecule has 1 atom stereocenters. The first kappa shape index (κ1) is 7.71. The number of phosphoric acid groups is 1. The second kappa shape index (κ2) is 2.84. The molecular formula is C5H9O5P. The molecule has 0 saturated carbocycles. The standard InChI is InChI=1S/C5H9O5P/c6-11(8-1-2-9-11)10-4-5-3-7-5/h5H,1-4H2/t5-/m1/s1. The molecule has 0 aromatic rings. The van der Waals surface area contributed by atoms with Gasteiger partial charge in [-0.25, -0.2) is 4.57 Å². The monoisotopic (exact) mass is 180 g/mol. The second-order valence-electron chi connectivity index (χ2n) is 2.36. The Labute approximate surface area is 64.2 Å². The molecule has 2 rings (SSSR count). The van der Waals surface area contributed by atoms with Gasteiger partial charge in [-0.2, -0.15) is 0 Å². The molecule has 64 valence electrons. The number of hydrogen-bond donors (Lipinski definition) is 0. The Morgan fingerprint density at radius 1 is 1.45 bits per heavy atom.